The van der Waals surface area contributed by atoms with Crippen molar-refractivity contribution in [1.82, 2.24) is 5.32 Å². The van der Waals surface area contributed by atoms with Crippen molar-refractivity contribution in [3.05, 3.63) is 0 Å². The summed E-state index contributed by atoms with van der Waals surface area (Å²) in [6.45, 7) is 3.54. The van der Waals surface area contributed by atoms with Gasteiger partial charge < -0.3 is 10.4 Å². The van der Waals surface area contributed by atoms with Gasteiger partial charge in [-0.15, -0.1) is 0 Å². The van der Waals surface area contributed by atoms with Gasteiger partial charge in [0, 0.05) is 17.3 Å². The molecule has 0 aromatic rings. The Hall–Kier alpha value is 0.270. The van der Waals surface area contributed by atoms with Crippen LogP contribution < -0.4 is 5.32 Å². The van der Waals surface area contributed by atoms with Crippen molar-refractivity contribution in [3.8, 4) is 0 Å². The average molecular weight is 229 g/mol. The zero-order valence-electron chi connectivity index (χ0n) is 9.67. The van der Waals surface area contributed by atoms with Crippen LogP contribution in [0.15, 0.2) is 0 Å². The fourth-order valence-corrected chi connectivity index (χ4v) is 3.87. The fraction of sp³-hybridized carbons (Fsp3) is 1.00. The molecule has 88 valence electrons. The zero-order chi connectivity index (χ0) is 10.7. The monoisotopic (exact) mass is 229 g/mol. The molecule has 1 aliphatic heterocycles. The van der Waals surface area contributed by atoms with E-state index in [1.165, 1.54) is 18.6 Å². The standard InChI is InChI=1S/C12H23NOS/c1-12(7-2-8-15-12)9-13-10-3-5-11(14)6-4-10/h10-11,13-14H,2-9H2,1H3. The van der Waals surface area contributed by atoms with Crippen LogP contribution in [-0.4, -0.2) is 34.3 Å². The molecule has 1 atom stereocenters. The number of thioether (sulfide) groups is 1. The lowest BCUT2D eigenvalue weighted by atomic mass is 9.92. The van der Waals surface area contributed by atoms with Gasteiger partial charge in [0.25, 0.3) is 0 Å². The van der Waals surface area contributed by atoms with Crippen molar-refractivity contribution in [2.45, 2.75) is 62.3 Å². The van der Waals surface area contributed by atoms with Gasteiger partial charge in [0.2, 0.25) is 0 Å². The van der Waals surface area contributed by atoms with Gasteiger partial charge in [-0.3, -0.25) is 0 Å². The highest BCUT2D eigenvalue weighted by atomic mass is 32.2. The lowest BCUT2D eigenvalue weighted by Crippen LogP contribution is -2.41. The molecule has 1 aliphatic carbocycles. The molecule has 2 nitrogen and oxygen atoms in total. The summed E-state index contributed by atoms with van der Waals surface area (Å²) in [6.07, 6.45) is 7.00. The molecule has 0 aromatic heterocycles. The van der Waals surface area contributed by atoms with Crippen LogP contribution in [0.1, 0.15) is 45.4 Å². The Morgan fingerprint density at radius 1 is 1.33 bits per heavy atom. The Morgan fingerprint density at radius 3 is 2.67 bits per heavy atom. The van der Waals surface area contributed by atoms with Crippen molar-refractivity contribution < 1.29 is 5.11 Å². The summed E-state index contributed by atoms with van der Waals surface area (Å²) in [5.74, 6) is 1.33. The van der Waals surface area contributed by atoms with E-state index in [2.05, 4.69) is 24.0 Å². The number of aliphatic hydroxyl groups excluding tert-OH is 1. The predicted molar refractivity (Wildman–Crippen MR) is 66.4 cm³/mol. The minimum Gasteiger partial charge on any atom is -0.393 e. The minimum atomic E-state index is -0.0282. The topological polar surface area (TPSA) is 32.3 Å². The van der Waals surface area contributed by atoms with E-state index >= 15 is 0 Å². The summed E-state index contributed by atoms with van der Waals surface area (Å²) in [6, 6.07) is 0.659. The van der Waals surface area contributed by atoms with Gasteiger partial charge in [-0.05, 0) is 51.2 Å². The first-order valence-electron chi connectivity index (χ1n) is 6.23. The number of aliphatic hydroxyl groups is 1. The minimum absolute atomic E-state index is 0.0282. The van der Waals surface area contributed by atoms with Crippen LogP contribution in [-0.2, 0) is 0 Å². The molecule has 1 saturated heterocycles. The van der Waals surface area contributed by atoms with E-state index in [1.807, 2.05) is 0 Å². The van der Waals surface area contributed by atoms with Gasteiger partial charge in [-0.1, -0.05) is 0 Å². The first kappa shape index (κ1) is 11.7. The Morgan fingerprint density at radius 2 is 2.07 bits per heavy atom. The van der Waals surface area contributed by atoms with Crippen molar-refractivity contribution in [2.75, 3.05) is 12.3 Å². The molecule has 1 unspecified atom stereocenters. The first-order valence-corrected chi connectivity index (χ1v) is 7.22. The molecule has 3 heteroatoms. The highest BCUT2D eigenvalue weighted by Gasteiger charge is 2.30. The normalized spacial score (nSPS) is 42.0. The van der Waals surface area contributed by atoms with Gasteiger partial charge >= 0.3 is 0 Å². The summed E-state index contributed by atoms with van der Waals surface area (Å²) in [4.78, 5) is 0. The second-order valence-electron chi connectivity index (χ2n) is 5.29. The SMILES string of the molecule is CC1(CNC2CCC(O)CC2)CCCS1. The van der Waals surface area contributed by atoms with Gasteiger partial charge in [-0.25, -0.2) is 0 Å². The molecule has 0 radical (unpaired) electrons. The van der Waals surface area contributed by atoms with E-state index in [-0.39, 0.29) is 6.10 Å². The molecule has 2 fully saturated rings. The number of hydrogen-bond donors (Lipinski definition) is 2. The molecule has 15 heavy (non-hydrogen) atoms. The third-order valence-corrected chi connectivity index (χ3v) is 5.30. The number of hydrogen-bond acceptors (Lipinski definition) is 3. The highest BCUT2D eigenvalue weighted by molar-refractivity contribution is 8.00. The molecule has 0 bridgehead atoms. The molecule has 0 amide bonds. The van der Waals surface area contributed by atoms with E-state index in [0.29, 0.717) is 10.8 Å². The van der Waals surface area contributed by atoms with Crippen molar-refractivity contribution >= 4 is 11.8 Å². The first-order chi connectivity index (χ1) is 7.18. The summed E-state index contributed by atoms with van der Waals surface area (Å²) in [5, 5.41) is 13.1. The number of rotatable bonds is 3. The third-order valence-electron chi connectivity index (χ3n) is 3.76. The molecule has 1 heterocycles. The Balaban J connectivity index is 1.69. The lowest BCUT2D eigenvalue weighted by molar-refractivity contribution is 0.116. The zero-order valence-corrected chi connectivity index (χ0v) is 10.5. The van der Waals surface area contributed by atoms with Gasteiger partial charge in [0.05, 0.1) is 6.10 Å². The molecule has 2 N–H and O–H groups in total. The van der Waals surface area contributed by atoms with E-state index in [4.69, 9.17) is 0 Å². The molecular weight excluding hydrogens is 206 g/mol. The molecule has 1 saturated carbocycles. The molecule has 2 rings (SSSR count). The summed E-state index contributed by atoms with van der Waals surface area (Å²) >= 11 is 2.12. The molecule has 0 spiro atoms. The van der Waals surface area contributed by atoms with Crippen molar-refractivity contribution in [2.24, 2.45) is 0 Å². The van der Waals surface area contributed by atoms with Crippen LogP contribution in [0.3, 0.4) is 0 Å². The smallest absolute Gasteiger partial charge is 0.0541 e. The largest absolute Gasteiger partial charge is 0.393 e. The summed E-state index contributed by atoms with van der Waals surface area (Å²) in [7, 11) is 0. The van der Waals surface area contributed by atoms with Crippen LogP contribution in [0.5, 0.6) is 0 Å². The van der Waals surface area contributed by atoms with Gasteiger partial charge in [0.1, 0.15) is 0 Å². The van der Waals surface area contributed by atoms with E-state index in [0.717, 1.165) is 32.2 Å². The second-order valence-corrected chi connectivity index (χ2v) is 6.97. The van der Waals surface area contributed by atoms with Gasteiger partial charge in [0.15, 0.2) is 0 Å². The van der Waals surface area contributed by atoms with Crippen LogP contribution in [0.4, 0.5) is 0 Å². The average Bonchev–Trinajstić information content (AvgIpc) is 2.65. The molecular formula is C12H23NOS. The van der Waals surface area contributed by atoms with Crippen LogP contribution in [0.2, 0.25) is 0 Å². The summed E-state index contributed by atoms with van der Waals surface area (Å²) < 4.78 is 0.482. The summed E-state index contributed by atoms with van der Waals surface area (Å²) in [5.41, 5.74) is 0. The third kappa shape index (κ3) is 3.36. The maximum absolute atomic E-state index is 9.43. The Bertz CT molecular complexity index is 196. The fourth-order valence-electron chi connectivity index (χ4n) is 2.62. The quantitative estimate of drug-likeness (QED) is 0.778. The van der Waals surface area contributed by atoms with E-state index in [1.54, 1.807) is 0 Å². The number of nitrogens with one attached hydrogen (secondary N) is 1. The Labute approximate surface area is 97.2 Å². The molecule has 2 aliphatic rings. The van der Waals surface area contributed by atoms with Crippen LogP contribution in [0.25, 0.3) is 0 Å². The highest BCUT2D eigenvalue weighted by Crippen LogP contribution is 2.37. The van der Waals surface area contributed by atoms with Crippen LogP contribution in [0, 0.1) is 0 Å². The van der Waals surface area contributed by atoms with Crippen molar-refractivity contribution in [1.29, 1.82) is 0 Å². The van der Waals surface area contributed by atoms with Crippen molar-refractivity contribution in [3.63, 3.8) is 0 Å². The van der Waals surface area contributed by atoms with Gasteiger partial charge in [-0.2, -0.15) is 11.8 Å². The molecule has 0 aromatic carbocycles. The van der Waals surface area contributed by atoms with E-state index < -0.39 is 0 Å². The van der Waals surface area contributed by atoms with Crippen LogP contribution >= 0.6 is 11.8 Å². The van der Waals surface area contributed by atoms with E-state index in [9.17, 15) is 5.11 Å². The maximum Gasteiger partial charge on any atom is 0.0541 e. The lowest BCUT2D eigenvalue weighted by Gasteiger charge is -2.30. The second kappa shape index (κ2) is 5.07. The predicted octanol–water partition coefficient (Wildman–Crippen LogP) is 2.17. The Kier molecular flexibility index (Phi) is 3.97. The maximum atomic E-state index is 9.43.